The van der Waals surface area contributed by atoms with Crippen molar-refractivity contribution in [1.82, 2.24) is 14.8 Å². The van der Waals surface area contributed by atoms with E-state index in [1.165, 1.54) is 29.5 Å². The number of hydrogen-bond acceptors (Lipinski definition) is 5. The number of hydrogen-bond donors (Lipinski definition) is 1. The fraction of sp³-hybridized carbons (Fsp3) is 0.286. The number of halogens is 3. The van der Waals surface area contributed by atoms with E-state index in [1.807, 2.05) is 42.8 Å². The van der Waals surface area contributed by atoms with E-state index in [0.717, 1.165) is 12.2 Å². The number of benzene rings is 2. The van der Waals surface area contributed by atoms with Gasteiger partial charge in [0, 0.05) is 12.1 Å². The van der Waals surface area contributed by atoms with Gasteiger partial charge in [-0.05, 0) is 43.2 Å². The molecule has 0 radical (unpaired) electrons. The van der Waals surface area contributed by atoms with Crippen LogP contribution < -0.4 is 10.1 Å². The zero-order valence-electron chi connectivity index (χ0n) is 17.2. The fourth-order valence-electron chi connectivity index (χ4n) is 2.83. The Morgan fingerprint density at radius 1 is 1.16 bits per heavy atom. The van der Waals surface area contributed by atoms with Crippen LogP contribution in [-0.4, -0.2) is 26.4 Å². The average Bonchev–Trinajstić information content (AvgIpc) is 3.10. The third-order valence-electron chi connectivity index (χ3n) is 4.48. The zero-order chi connectivity index (χ0) is 22.5. The number of thioether (sulfide) groups is 1. The summed E-state index contributed by atoms with van der Waals surface area (Å²) in [6.07, 6.45) is 0.670. The number of anilines is 1. The standard InChI is InChI=1S/C21H21Cl3N4O2S/c1-4-13-5-7-15(8-6-13)30-12(2)20-26-27-21(28(20)3)31-11-18(29)25-19-16(23)9-14(22)10-17(19)24/h5-10,12H,4,11H2,1-3H3,(H,25,29)/t12-/m1/s1. The third-order valence-corrected chi connectivity index (χ3v) is 6.31. The first kappa shape index (κ1) is 23.7. The molecular weight excluding hydrogens is 479 g/mol. The Morgan fingerprint density at radius 2 is 1.81 bits per heavy atom. The van der Waals surface area contributed by atoms with Gasteiger partial charge in [-0.1, -0.05) is 65.6 Å². The number of aromatic nitrogens is 3. The summed E-state index contributed by atoms with van der Waals surface area (Å²) in [6, 6.07) is 11.0. The fourth-order valence-corrected chi connectivity index (χ4v) is 4.46. The van der Waals surface area contributed by atoms with Crippen LogP contribution in [0.2, 0.25) is 15.1 Å². The van der Waals surface area contributed by atoms with E-state index in [1.54, 1.807) is 0 Å². The number of nitrogens with zero attached hydrogens (tertiary/aromatic N) is 3. The lowest BCUT2D eigenvalue weighted by Gasteiger charge is -2.14. The first-order chi connectivity index (χ1) is 14.8. The number of carbonyl (C=O) groups is 1. The van der Waals surface area contributed by atoms with Crippen LogP contribution >= 0.6 is 46.6 Å². The minimum absolute atomic E-state index is 0.106. The van der Waals surface area contributed by atoms with Crippen LogP contribution in [0.25, 0.3) is 0 Å². The summed E-state index contributed by atoms with van der Waals surface area (Å²) in [7, 11) is 1.84. The first-order valence-electron chi connectivity index (χ1n) is 9.50. The molecule has 10 heteroatoms. The predicted octanol–water partition coefficient (Wildman–Crippen LogP) is 6.21. The quantitative estimate of drug-likeness (QED) is 0.373. The van der Waals surface area contributed by atoms with Crippen molar-refractivity contribution in [2.45, 2.75) is 31.5 Å². The van der Waals surface area contributed by atoms with Crippen molar-refractivity contribution < 1.29 is 9.53 Å². The summed E-state index contributed by atoms with van der Waals surface area (Å²) in [5, 5.41) is 12.6. The highest BCUT2D eigenvalue weighted by Gasteiger charge is 2.19. The van der Waals surface area contributed by atoms with Gasteiger partial charge in [-0.2, -0.15) is 0 Å². The van der Waals surface area contributed by atoms with Crippen molar-refractivity contribution in [1.29, 1.82) is 0 Å². The number of amides is 1. The number of rotatable bonds is 8. The van der Waals surface area contributed by atoms with E-state index in [9.17, 15) is 4.79 Å². The first-order valence-corrected chi connectivity index (χ1v) is 11.6. The average molecular weight is 500 g/mol. The van der Waals surface area contributed by atoms with Gasteiger partial charge in [-0.25, -0.2) is 0 Å². The summed E-state index contributed by atoms with van der Waals surface area (Å²) >= 11 is 19.4. The molecule has 0 fully saturated rings. The van der Waals surface area contributed by atoms with Crippen molar-refractivity contribution in [3.05, 3.63) is 62.9 Å². The van der Waals surface area contributed by atoms with Crippen LogP contribution in [-0.2, 0) is 18.3 Å². The van der Waals surface area contributed by atoms with Crippen LogP contribution in [0.3, 0.4) is 0 Å². The third kappa shape index (κ3) is 6.07. The SMILES string of the molecule is CCc1ccc(O[C@H](C)c2nnc(SCC(=O)Nc3c(Cl)cc(Cl)cc3Cl)n2C)cc1. The van der Waals surface area contributed by atoms with E-state index < -0.39 is 0 Å². The Bertz CT molecular complexity index is 1050. The Balaban J connectivity index is 1.60. The van der Waals surface area contributed by atoms with Crippen molar-refractivity contribution >= 4 is 58.2 Å². The molecular formula is C21H21Cl3N4O2S. The lowest BCUT2D eigenvalue weighted by molar-refractivity contribution is -0.113. The van der Waals surface area contributed by atoms with Crippen molar-refractivity contribution in [3.8, 4) is 5.75 Å². The van der Waals surface area contributed by atoms with E-state index >= 15 is 0 Å². The molecule has 1 atom stereocenters. The van der Waals surface area contributed by atoms with Crippen LogP contribution in [0.5, 0.6) is 5.75 Å². The molecule has 0 aliphatic carbocycles. The lowest BCUT2D eigenvalue weighted by Crippen LogP contribution is -2.15. The molecule has 6 nitrogen and oxygen atoms in total. The van der Waals surface area contributed by atoms with Gasteiger partial charge in [0.25, 0.3) is 0 Å². The summed E-state index contributed by atoms with van der Waals surface area (Å²) in [4.78, 5) is 12.4. The Hall–Kier alpha value is -1.93. The normalized spacial score (nSPS) is 11.9. The largest absolute Gasteiger partial charge is 0.483 e. The van der Waals surface area contributed by atoms with Crippen LogP contribution in [0, 0.1) is 0 Å². The van der Waals surface area contributed by atoms with Gasteiger partial charge in [-0.3, -0.25) is 4.79 Å². The molecule has 164 valence electrons. The molecule has 3 rings (SSSR count). The second-order valence-corrected chi connectivity index (χ2v) is 8.93. The number of ether oxygens (including phenoxy) is 1. The molecule has 1 heterocycles. The van der Waals surface area contributed by atoms with Gasteiger partial charge in [0.15, 0.2) is 17.1 Å². The molecule has 0 aliphatic heterocycles. The second kappa shape index (κ2) is 10.6. The number of carbonyl (C=O) groups excluding carboxylic acids is 1. The molecule has 1 amide bonds. The monoisotopic (exact) mass is 498 g/mol. The summed E-state index contributed by atoms with van der Waals surface area (Å²) in [5.74, 6) is 1.25. The molecule has 0 spiro atoms. The van der Waals surface area contributed by atoms with E-state index in [-0.39, 0.29) is 27.8 Å². The molecule has 0 saturated heterocycles. The maximum absolute atomic E-state index is 12.4. The van der Waals surface area contributed by atoms with Gasteiger partial charge in [0.05, 0.1) is 21.5 Å². The van der Waals surface area contributed by atoms with Gasteiger partial charge in [-0.15, -0.1) is 10.2 Å². The molecule has 1 aromatic heterocycles. The van der Waals surface area contributed by atoms with Crippen LogP contribution in [0.1, 0.15) is 31.3 Å². The molecule has 31 heavy (non-hydrogen) atoms. The Labute approximate surface area is 200 Å². The highest BCUT2D eigenvalue weighted by atomic mass is 35.5. The number of aryl methyl sites for hydroxylation is 1. The zero-order valence-corrected chi connectivity index (χ0v) is 20.2. The topological polar surface area (TPSA) is 69.0 Å². The molecule has 0 saturated carbocycles. The smallest absolute Gasteiger partial charge is 0.234 e. The summed E-state index contributed by atoms with van der Waals surface area (Å²) in [5.41, 5.74) is 1.57. The predicted molar refractivity (Wildman–Crippen MR) is 127 cm³/mol. The van der Waals surface area contributed by atoms with Crippen LogP contribution in [0.15, 0.2) is 41.6 Å². The van der Waals surface area contributed by atoms with Gasteiger partial charge in [0.1, 0.15) is 5.75 Å². The maximum Gasteiger partial charge on any atom is 0.234 e. The van der Waals surface area contributed by atoms with Gasteiger partial charge < -0.3 is 14.6 Å². The maximum atomic E-state index is 12.4. The van der Waals surface area contributed by atoms with Crippen molar-refractivity contribution in [2.24, 2.45) is 7.05 Å². The van der Waals surface area contributed by atoms with Crippen molar-refractivity contribution in [3.63, 3.8) is 0 Å². The molecule has 0 aliphatic rings. The lowest BCUT2D eigenvalue weighted by atomic mass is 10.2. The molecule has 2 aromatic carbocycles. The van der Waals surface area contributed by atoms with Gasteiger partial charge in [0.2, 0.25) is 5.91 Å². The molecule has 3 aromatic rings. The Morgan fingerprint density at radius 3 is 2.42 bits per heavy atom. The van der Waals surface area contributed by atoms with E-state index in [2.05, 4.69) is 22.4 Å². The Kier molecular flexibility index (Phi) is 8.11. The van der Waals surface area contributed by atoms with E-state index in [0.29, 0.717) is 21.7 Å². The molecule has 0 bridgehead atoms. The highest BCUT2D eigenvalue weighted by Crippen LogP contribution is 2.34. The number of nitrogens with one attached hydrogen (secondary N) is 1. The minimum Gasteiger partial charge on any atom is -0.483 e. The molecule has 0 unspecified atom stereocenters. The van der Waals surface area contributed by atoms with E-state index in [4.69, 9.17) is 39.5 Å². The highest BCUT2D eigenvalue weighted by molar-refractivity contribution is 7.99. The van der Waals surface area contributed by atoms with Crippen molar-refractivity contribution in [2.75, 3.05) is 11.1 Å². The minimum atomic E-state index is -0.306. The summed E-state index contributed by atoms with van der Waals surface area (Å²) < 4.78 is 7.79. The summed E-state index contributed by atoms with van der Waals surface area (Å²) in [6.45, 7) is 4.01. The van der Waals surface area contributed by atoms with Crippen LogP contribution in [0.4, 0.5) is 5.69 Å². The second-order valence-electron chi connectivity index (χ2n) is 6.74. The van der Waals surface area contributed by atoms with Gasteiger partial charge >= 0.3 is 0 Å². The molecule has 1 N–H and O–H groups in total.